The van der Waals surface area contributed by atoms with Gasteiger partial charge in [-0.25, -0.2) is 4.98 Å². The van der Waals surface area contributed by atoms with Crippen LogP contribution in [-0.2, 0) is 16.1 Å². The molecular formula is C31H36N4O4S2. The lowest BCUT2D eigenvalue weighted by Gasteiger charge is -2.33. The summed E-state index contributed by atoms with van der Waals surface area (Å²) >= 11 is 0. The van der Waals surface area contributed by atoms with E-state index in [1.165, 1.54) is 13.2 Å². The van der Waals surface area contributed by atoms with Crippen LogP contribution in [-0.4, -0.2) is 50.0 Å². The first-order chi connectivity index (χ1) is 19.9. The molecule has 41 heavy (non-hydrogen) atoms. The van der Waals surface area contributed by atoms with Crippen LogP contribution in [0.15, 0.2) is 72.5 Å². The molecule has 0 saturated heterocycles. The van der Waals surface area contributed by atoms with E-state index in [0.29, 0.717) is 25.1 Å². The van der Waals surface area contributed by atoms with Gasteiger partial charge in [-0.15, -0.1) is 0 Å². The van der Waals surface area contributed by atoms with Crippen molar-refractivity contribution in [2.75, 3.05) is 7.11 Å². The monoisotopic (exact) mass is 592 g/mol. The van der Waals surface area contributed by atoms with Gasteiger partial charge >= 0.3 is 0 Å². The molecule has 10 heteroatoms. The summed E-state index contributed by atoms with van der Waals surface area (Å²) in [6.45, 7) is 2.87. The van der Waals surface area contributed by atoms with Gasteiger partial charge in [-0.05, 0) is 52.8 Å². The minimum absolute atomic E-state index is 0.0175. The van der Waals surface area contributed by atoms with Crippen LogP contribution in [0.5, 0.6) is 11.5 Å². The number of aromatic nitrogens is 2. The summed E-state index contributed by atoms with van der Waals surface area (Å²) in [6.07, 6.45) is 18.8. The molecule has 0 spiro atoms. The zero-order valence-electron chi connectivity index (χ0n) is 23.2. The molecule has 2 aliphatic heterocycles. The average Bonchev–Trinajstić information content (AvgIpc) is 3.47. The van der Waals surface area contributed by atoms with E-state index < -0.39 is 0 Å². The van der Waals surface area contributed by atoms with Crippen molar-refractivity contribution in [3.63, 3.8) is 0 Å². The number of aromatic hydroxyl groups is 1. The number of methoxy groups -OCH3 is 1. The first-order valence-corrected chi connectivity index (χ1v) is 16.2. The van der Waals surface area contributed by atoms with Crippen molar-refractivity contribution in [3.8, 4) is 11.5 Å². The number of hydrogen-bond donors (Lipinski definition) is 3. The van der Waals surface area contributed by atoms with Crippen LogP contribution in [0.3, 0.4) is 0 Å². The summed E-state index contributed by atoms with van der Waals surface area (Å²) in [5.41, 5.74) is 10.3. The minimum Gasteiger partial charge on any atom is -0.504 e. The van der Waals surface area contributed by atoms with Crippen LogP contribution in [0.25, 0.3) is 6.08 Å². The minimum atomic E-state index is -0.352. The van der Waals surface area contributed by atoms with E-state index in [0.717, 1.165) is 28.7 Å². The normalized spacial score (nSPS) is 28.4. The number of carbonyl (C=O) groups excluding carboxylic acids is 2. The lowest BCUT2D eigenvalue weighted by molar-refractivity contribution is -0.124. The Kier molecular flexibility index (Phi) is 9.42. The lowest BCUT2D eigenvalue weighted by atomic mass is 9.83. The quantitative estimate of drug-likeness (QED) is 0.252. The molecule has 3 heterocycles. The highest BCUT2D eigenvalue weighted by Crippen LogP contribution is 2.45. The van der Waals surface area contributed by atoms with E-state index >= 15 is 0 Å². The zero-order chi connectivity index (χ0) is 28.9. The predicted molar refractivity (Wildman–Crippen MR) is 165 cm³/mol. The molecular weight excluding hydrogens is 556 g/mol. The van der Waals surface area contributed by atoms with Gasteiger partial charge in [0.2, 0.25) is 0 Å². The highest BCUT2D eigenvalue weighted by Gasteiger charge is 2.31. The number of rotatable bonds is 4. The van der Waals surface area contributed by atoms with E-state index in [4.69, 9.17) is 10.5 Å². The van der Waals surface area contributed by atoms with Crippen molar-refractivity contribution in [1.29, 1.82) is 0 Å². The smallest absolute Gasteiger partial charge is 0.163 e. The molecule has 0 saturated carbocycles. The summed E-state index contributed by atoms with van der Waals surface area (Å²) in [7, 11) is 5.11. The number of hydrogen-bond acceptors (Lipinski definition) is 9. The van der Waals surface area contributed by atoms with Crippen molar-refractivity contribution >= 4 is 39.2 Å². The topological polar surface area (TPSA) is 119 Å². The van der Waals surface area contributed by atoms with Gasteiger partial charge in [0.15, 0.2) is 17.3 Å². The van der Waals surface area contributed by atoms with Crippen molar-refractivity contribution in [2.45, 2.75) is 61.7 Å². The molecule has 1 aliphatic carbocycles. The second kappa shape index (κ2) is 13.2. The molecule has 216 valence electrons. The third-order valence-electron chi connectivity index (χ3n) is 7.89. The number of phenolic OH excluding ortho intramolecular Hbond substituents is 1. The van der Waals surface area contributed by atoms with Crippen LogP contribution in [0.1, 0.15) is 49.7 Å². The Labute approximate surface area is 248 Å². The molecule has 8 nitrogen and oxygen atoms in total. The van der Waals surface area contributed by atoms with Gasteiger partial charge in [0, 0.05) is 42.7 Å². The van der Waals surface area contributed by atoms with Gasteiger partial charge in [-0.2, -0.15) is 0 Å². The third kappa shape index (κ3) is 6.82. The molecule has 1 unspecified atom stereocenters. The summed E-state index contributed by atoms with van der Waals surface area (Å²) in [4.78, 5) is 29.7. The van der Waals surface area contributed by atoms with Crippen molar-refractivity contribution in [2.24, 2.45) is 11.7 Å². The number of ether oxygens (including phenoxy) is 1. The number of Topliss-reactive ketones (excluding diaryl/α,β-unsaturated/α-hetero) is 1. The standard InChI is InChI=1S/C31H36N4O4S2/c1-3-19-4-6-22(36)14-23(37)7-5-20-13-28(39-2)27(38)15-25(20)24-8-9-29(19)40-41-30(17-35-11-10-33-18-35)26-12-21(24)16-34-31(26)32/h5,7-13,15-16,18-19,24,29-31,34,38H,3-4,6,14,17,32H2,1-2H3/b7-5+,9-8+/t19-,24+,29+,30-,31?/m0/s1. The van der Waals surface area contributed by atoms with Crippen LogP contribution < -0.4 is 15.8 Å². The number of fused-ring (bicyclic) bond motifs is 6. The highest BCUT2D eigenvalue weighted by molar-refractivity contribution is 8.77. The van der Waals surface area contributed by atoms with E-state index in [-0.39, 0.29) is 52.2 Å². The molecule has 5 rings (SSSR count). The Morgan fingerprint density at radius 1 is 1.22 bits per heavy atom. The number of ketones is 2. The summed E-state index contributed by atoms with van der Waals surface area (Å²) < 4.78 is 7.47. The number of nitrogens with one attached hydrogen (secondary N) is 1. The first kappa shape index (κ1) is 29.3. The highest BCUT2D eigenvalue weighted by atomic mass is 33.1. The molecule has 4 N–H and O–H groups in total. The number of nitrogens with two attached hydrogens (primary N) is 1. The Morgan fingerprint density at radius 3 is 2.83 bits per heavy atom. The predicted octanol–water partition coefficient (Wildman–Crippen LogP) is 5.13. The fraction of sp³-hybridized carbons (Fsp3) is 0.387. The van der Waals surface area contributed by atoms with Crippen molar-refractivity contribution < 1.29 is 19.4 Å². The molecule has 2 aromatic rings. The number of imidazole rings is 1. The van der Waals surface area contributed by atoms with Gasteiger partial charge in [0.05, 0.1) is 31.3 Å². The maximum atomic E-state index is 12.8. The largest absolute Gasteiger partial charge is 0.504 e. The third-order valence-corrected chi connectivity index (χ3v) is 11.1. The van der Waals surface area contributed by atoms with E-state index in [9.17, 15) is 14.7 Å². The number of dihydropyridines is 1. The van der Waals surface area contributed by atoms with Crippen LogP contribution >= 0.6 is 21.6 Å². The van der Waals surface area contributed by atoms with Crippen molar-refractivity contribution in [1.82, 2.24) is 14.9 Å². The van der Waals surface area contributed by atoms with Gasteiger partial charge in [-0.1, -0.05) is 59.2 Å². The number of phenols is 1. The van der Waals surface area contributed by atoms with Crippen LogP contribution in [0, 0.1) is 5.92 Å². The molecule has 0 radical (unpaired) electrons. The fourth-order valence-corrected chi connectivity index (χ4v) is 8.95. The van der Waals surface area contributed by atoms with Gasteiger partial charge < -0.3 is 25.5 Å². The number of allylic oxidation sites excluding steroid dienone is 4. The zero-order valence-corrected chi connectivity index (χ0v) is 24.9. The SMILES string of the molecule is CC[C@H]1CCC(=O)CC(=O)/C=C/c2cc(OC)c(O)cc2[C@@H]2/C=C/[C@H]1SS[C@@H](Cn1ccnc1)C1=CC2=CNC1N. The van der Waals surface area contributed by atoms with Gasteiger partial charge in [0.25, 0.3) is 0 Å². The van der Waals surface area contributed by atoms with Crippen LogP contribution in [0.4, 0.5) is 0 Å². The fourth-order valence-electron chi connectivity index (χ4n) is 5.52. The average molecular weight is 593 g/mol. The Hall–Kier alpha value is -3.21. The summed E-state index contributed by atoms with van der Waals surface area (Å²) in [6, 6.07) is 3.45. The Balaban J connectivity index is 1.68. The number of carbonyl (C=O) groups is 2. The molecule has 3 aliphatic rings. The van der Waals surface area contributed by atoms with Crippen molar-refractivity contribution in [3.05, 3.63) is 83.6 Å². The van der Waals surface area contributed by atoms with E-state index in [1.54, 1.807) is 35.2 Å². The first-order valence-electron chi connectivity index (χ1n) is 13.9. The van der Waals surface area contributed by atoms with E-state index in [1.807, 2.05) is 29.5 Å². The van der Waals surface area contributed by atoms with Gasteiger partial charge in [-0.3, -0.25) is 9.59 Å². The van der Waals surface area contributed by atoms with Gasteiger partial charge in [0.1, 0.15) is 5.78 Å². The summed E-state index contributed by atoms with van der Waals surface area (Å²) in [5, 5.41) is 14.4. The second-order valence-electron chi connectivity index (χ2n) is 10.6. The maximum absolute atomic E-state index is 12.8. The Bertz CT molecular complexity index is 1400. The molecule has 0 amide bonds. The van der Waals surface area contributed by atoms with E-state index in [2.05, 4.69) is 40.0 Å². The molecule has 0 fully saturated rings. The molecule has 1 aromatic carbocycles. The number of nitrogens with zero attached hydrogens (tertiary/aromatic N) is 2. The molecule has 4 bridgehead atoms. The lowest BCUT2D eigenvalue weighted by Crippen LogP contribution is -2.42. The summed E-state index contributed by atoms with van der Waals surface area (Å²) in [5.74, 6) is 0.0585. The van der Waals surface area contributed by atoms with Crippen LogP contribution in [0.2, 0.25) is 0 Å². The second-order valence-corrected chi connectivity index (χ2v) is 13.2. The number of benzene rings is 1. The molecule has 5 atom stereocenters. The molecule has 1 aromatic heterocycles. The maximum Gasteiger partial charge on any atom is 0.163 e. The Morgan fingerprint density at radius 2 is 2.07 bits per heavy atom.